The van der Waals surface area contributed by atoms with Crippen LogP contribution in [-0.4, -0.2) is 96.4 Å². The molecule has 2 bridgehead atoms. The fourth-order valence-electron chi connectivity index (χ4n) is 3.53. The molecule has 3 heterocycles. The second-order valence-corrected chi connectivity index (χ2v) is 7.86. The summed E-state index contributed by atoms with van der Waals surface area (Å²) in [6, 6.07) is -2.47. The Bertz CT molecular complexity index is 798. The van der Waals surface area contributed by atoms with Crippen LogP contribution in [0.5, 0.6) is 0 Å². The van der Waals surface area contributed by atoms with Gasteiger partial charge >= 0.3 is 16.4 Å². The normalized spacial score (nSPS) is 24.4. The zero-order valence-electron chi connectivity index (χ0n) is 15.4. The standard InChI is InChI=1S/C14H22N6O8S/c21-11(7-12(22)18-5-3-15-4-6-18)16-17-13(23)10-2-1-9-8-19(10)14(24)20(9)28-29(25,26)27/h9-10,15H,1-8H2,(H,16,21)(H,17,23)(H,25,26,27)/t9-,10-/m1/s1. The number of nitrogens with one attached hydrogen (secondary N) is 3. The first kappa shape index (κ1) is 21.2. The molecule has 0 saturated carbocycles. The molecule has 3 aliphatic rings. The van der Waals surface area contributed by atoms with E-state index in [9.17, 15) is 27.6 Å². The second kappa shape index (κ2) is 8.48. The molecule has 0 unspecified atom stereocenters. The van der Waals surface area contributed by atoms with Crippen LogP contribution in [0.25, 0.3) is 0 Å². The van der Waals surface area contributed by atoms with E-state index in [1.165, 1.54) is 0 Å². The summed E-state index contributed by atoms with van der Waals surface area (Å²) < 4.78 is 34.8. The van der Waals surface area contributed by atoms with Gasteiger partial charge in [-0.05, 0) is 12.8 Å². The van der Waals surface area contributed by atoms with Crippen molar-refractivity contribution in [2.45, 2.75) is 31.3 Å². The summed E-state index contributed by atoms with van der Waals surface area (Å²) in [6.07, 6.45) is 0.0278. The SMILES string of the molecule is O=C(CC(=O)N1CCNCC1)NNC(=O)[C@H]1CC[C@@H]2CN1C(=O)N2OS(=O)(=O)O. The smallest absolute Gasteiger partial charge is 0.340 e. The minimum absolute atomic E-state index is 0.0296. The van der Waals surface area contributed by atoms with Crippen molar-refractivity contribution >= 4 is 34.2 Å². The maximum atomic E-state index is 12.4. The molecule has 3 rings (SSSR count). The van der Waals surface area contributed by atoms with Gasteiger partial charge < -0.3 is 15.1 Å². The number of hydrogen-bond donors (Lipinski definition) is 4. The average Bonchev–Trinajstić information content (AvgIpc) is 2.90. The van der Waals surface area contributed by atoms with Gasteiger partial charge in [0, 0.05) is 32.7 Å². The van der Waals surface area contributed by atoms with E-state index in [4.69, 9.17) is 4.55 Å². The third-order valence-electron chi connectivity index (χ3n) is 4.91. The number of hydrogen-bond acceptors (Lipinski definition) is 8. The summed E-state index contributed by atoms with van der Waals surface area (Å²) in [6.45, 7) is 2.33. The lowest BCUT2D eigenvalue weighted by molar-refractivity contribution is -0.138. The first-order valence-electron chi connectivity index (χ1n) is 9.00. The molecule has 29 heavy (non-hydrogen) atoms. The Morgan fingerprint density at radius 1 is 1.17 bits per heavy atom. The van der Waals surface area contributed by atoms with E-state index in [2.05, 4.69) is 20.5 Å². The van der Waals surface area contributed by atoms with Crippen molar-refractivity contribution in [2.24, 2.45) is 0 Å². The Morgan fingerprint density at radius 3 is 2.52 bits per heavy atom. The number of fused-ring (bicyclic) bond motifs is 2. The molecule has 3 fully saturated rings. The second-order valence-electron chi connectivity index (χ2n) is 6.85. The minimum Gasteiger partial charge on any atom is -0.340 e. The molecule has 5 amide bonds. The number of amides is 5. The Kier molecular flexibility index (Phi) is 6.21. The highest BCUT2D eigenvalue weighted by Gasteiger charge is 2.49. The van der Waals surface area contributed by atoms with Crippen LogP contribution in [0.15, 0.2) is 0 Å². The number of rotatable bonds is 5. The largest absolute Gasteiger partial charge is 0.418 e. The van der Waals surface area contributed by atoms with E-state index in [1.807, 2.05) is 0 Å². The molecular weight excluding hydrogens is 412 g/mol. The average molecular weight is 434 g/mol. The summed E-state index contributed by atoms with van der Waals surface area (Å²) in [5, 5.41) is 3.61. The zero-order chi connectivity index (χ0) is 21.2. The molecular formula is C14H22N6O8S. The van der Waals surface area contributed by atoms with Crippen molar-refractivity contribution < 1.29 is 36.4 Å². The van der Waals surface area contributed by atoms with E-state index in [0.717, 1.165) is 4.90 Å². The predicted octanol–water partition coefficient (Wildman–Crippen LogP) is -3.04. The lowest BCUT2D eigenvalue weighted by Gasteiger charge is -2.29. The lowest BCUT2D eigenvalue weighted by Crippen LogP contribution is -2.54. The van der Waals surface area contributed by atoms with Crippen LogP contribution in [-0.2, 0) is 29.1 Å². The molecule has 3 saturated heterocycles. The zero-order valence-corrected chi connectivity index (χ0v) is 16.2. The van der Waals surface area contributed by atoms with Gasteiger partial charge in [-0.15, -0.1) is 4.28 Å². The van der Waals surface area contributed by atoms with Crippen LogP contribution in [0.1, 0.15) is 19.3 Å². The summed E-state index contributed by atoms with van der Waals surface area (Å²) in [4.78, 5) is 51.2. The topological polar surface area (TPSA) is 178 Å². The van der Waals surface area contributed by atoms with E-state index in [-0.39, 0.29) is 25.3 Å². The first-order chi connectivity index (χ1) is 13.7. The predicted molar refractivity (Wildman–Crippen MR) is 93.7 cm³/mol. The van der Waals surface area contributed by atoms with Gasteiger partial charge in [0.05, 0.1) is 6.04 Å². The van der Waals surface area contributed by atoms with Crippen LogP contribution in [0, 0.1) is 0 Å². The number of carbonyl (C=O) groups is 4. The molecule has 3 aliphatic heterocycles. The molecule has 0 aromatic carbocycles. The Morgan fingerprint density at radius 2 is 1.86 bits per heavy atom. The molecule has 162 valence electrons. The van der Waals surface area contributed by atoms with Crippen LogP contribution in [0.4, 0.5) is 4.79 Å². The van der Waals surface area contributed by atoms with Crippen molar-refractivity contribution in [2.75, 3.05) is 32.7 Å². The van der Waals surface area contributed by atoms with Crippen LogP contribution < -0.4 is 16.2 Å². The van der Waals surface area contributed by atoms with Gasteiger partial charge in [-0.2, -0.15) is 13.5 Å². The number of piperidine rings is 1. The van der Waals surface area contributed by atoms with Gasteiger partial charge in [0.2, 0.25) is 11.8 Å². The minimum atomic E-state index is -4.88. The highest BCUT2D eigenvalue weighted by Crippen LogP contribution is 2.30. The Labute approximate surface area is 166 Å². The highest BCUT2D eigenvalue weighted by atomic mass is 32.3. The number of piperazine rings is 1. The Balaban J connectivity index is 1.49. The lowest BCUT2D eigenvalue weighted by atomic mass is 10.0. The molecule has 0 radical (unpaired) electrons. The number of hydrazine groups is 1. The fourth-order valence-corrected chi connectivity index (χ4v) is 3.91. The molecule has 4 N–H and O–H groups in total. The molecule has 14 nitrogen and oxygen atoms in total. The van der Waals surface area contributed by atoms with Crippen molar-refractivity contribution in [3.05, 3.63) is 0 Å². The molecule has 0 aromatic heterocycles. The maximum Gasteiger partial charge on any atom is 0.418 e. The van der Waals surface area contributed by atoms with E-state index in [0.29, 0.717) is 31.2 Å². The quantitative estimate of drug-likeness (QED) is 0.199. The Hall–Kier alpha value is -2.49. The number of hydroxylamine groups is 2. The van der Waals surface area contributed by atoms with E-state index < -0.39 is 46.7 Å². The van der Waals surface area contributed by atoms with Gasteiger partial charge in [-0.1, -0.05) is 0 Å². The van der Waals surface area contributed by atoms with Gasteiger partial charge in [-0.3, -0.25) is 29.8 Å². The van der Waals surface area contributed by atoms with Crippen LogP contribution in [0.2, 0.25) is 0 Å². The monoisotopic (exact) mass is 434 g/mol. The molecule has 0 aliphatic carbocycles. The summed E-state index contributed by atoms with van der Waals surface area (Å²) >= 11 is 0. The summed E-state index contributed by atoms with van der Waals surface area (Å²) in [5.74, 6) is -1.74. The number of nitrogens with zero attached hydrogens (tertiary/aromatic N) is 3. The van der Waals surface area contributed by atoms with E-state index >= 15 is 0 Å². The maximum absolute atomic E-state index is 12.4. The van der Waals surface area contributed by atoms with Gasteiger partial charge in [0.1, 0.15) is 12.5 Å². The molecule has 0 spiro atoms. The van der Waals surface area contributed by atoms with Gasteiger partial charge in [-0.25, -0.2) is 4.79 Å². The number of carbonyl (C=O) groups excluding carboxylic acids is 4. The fraction of sp³-hybridized carbons (Fsp3) is 0.714. The molecule has 2 atom stereocenters. The summed E-state index contributed by atoms with van der Waals surface area (Å²) in [7, 11) is -4.88. The van der Waals surface area contributed by atoms with Crippen molar-refractivity contribution in [1.82, 2.24) is 31.0 Å². The third-order valence-corrected chi connectivity index (χ3v) is 5.26. The van der Waals surface area contributed by atoms with Gasteiger partial charge in [0.15, 0.2) is 0 Å². The molecule has 0 aromatic rings. The van der Waals surface area contributed by atoms with E-state index in [1.54, 1.807) is 4.90 Å². The number of urea groups is 1. The third kappa shape index (κ3) is 5.11. The van der Waals surface area contributed by atoms with Crippen LogP contribution >= 0.6 is 0 Å². The van der Waals surface area contributed by atoms with Crippen LogP contribution in [0.3, 0.4) is 0 Å². The van der Waals surface area contributed by atoms with Crippen molar-refractivity contribution in [3.63, 3.8) is 0 Å². The summed E-state index contributed by atoms with van der Waals surface area (Å²) in [5.41, 5.74) is 4.34. The van der Waals surface area contributed by atoms with Crippen molar-refractivity contribution in [1.29, 1.82) is 0 Å². The van der Waals surface area contributed by atoms with Crippen molar-refractivity contribution in [3.8, 4) is 0 Å². The molecule has 15 heteroatoms. The van der Waals surface area contributed by atoms with Gasteiger partial charge in [0.25, 0.3) is 5.91 Å². The highest BCUT2D eigenvalue weighted by molar-refractivity contribution is 7.80. The first-order valence-corrected chi connectivity index (χ1v) is 10.4.